The van der Waals surface area contributed by atoms with Crippen LogP contribution in [0.1, 0.15) is 24.2 Å². The van der Waals surface area contributed by atoms with Gasteiger partial charge < -0.3 is 15.2 Å². The van der Waals surface area contributed by atoms with Crippen LogP contribution in [0.15, 0.2) is 23.1 Å². The molecular formula is C13H17NO4S. The molecule has 6 heteroatoms. The highest BCUT2D eigenvalue weighted by atomic mass is 32.2. The molecule has 0 unspecified atom stereocenters. The molecule has 0 aliphatic rings. The minimum atomic E-state index is -0.443. The van der Waals surface area contributed by atoms with Crippen LogP contribution in [0.4, 0.5) is 5.69 Å². The molecule has 0 aromatic heterocycles. The molecule has 0 heterocycles. The number of nitrogens with two attached hydrogens (primary N) is 1. The molecule has 0 aliphatic carbocycles. The fourth-order valence-corrected chi connectivity index (χ4v) is 2.31. The van der Waals surface area contributed by atoms with Crippen molar-refractivity contribution in [3.63, 3.8) is 0 Å². The Bertz CT molecular complexity index is 462. The van der Waals surface area contributed by atoms with Crippen molar-refractivity contribution in [1.82, 2.24) is 0 Å². The summed E-state index contributed by atoms with van der Waals surface area (Å²) in [5, 5.41) is 0. The Morgan fingerprint density at radius 1 is 1.21 bits per heavy atom. The van der Waals surface area contributed by atoms with E-state index in [0.717, 1.165) is 0 Å². The fraction of sp³-hybridized carbons (Fsp3) is 0.385. The van der Waals surface area contributed by atoms with Gasteiger partial charge in [-0.1, -0.05) is 6.07 Å². The van der Waals surface area contributed by atoms with Crippen LogP contribution < -0.4 is 5.73 Å². The normalized spacial score (nSPS) is 10.0. The molecule has 19 heavy (non-hydrogen) atoms. The highest BCUT2D eigenvalue weighted by Gasteiger charge is 2.16. The van der Waals surface area contributed by atoms with Crippen LogP contribution in [-0.4, -0.2) is 30.9 Å². The van der Waals surface area contributed by atoms with Crippen molar-refractivity contribution in [2.24, 2.45) is 0 Å². The minimum Gasteiger partial charge on any atom is -0.465 e. The van der Waals surface area contributed by atoms with Crippen molar-refractivity contribution >= 4 is 29.4 Å². The second kappa shape index (κ2) is 7.68. The lowest BCUT2D eigenvalue weighted by molar-refractivity contribution is -0.139. The summed E-state index contributed by atoms with van der Waals surface area (Å²) in [5.41, 5.74) is 6.65. The Morgan fingerprint density at radius 3 is 2.53 bits per heavy atom. The third-order valence-electron chi connectivity index (χ3n) is 2.18. The van der Waals surface area contributed by atoms with Crippen LogP contribution in [0.3, 0.4) is 0 Å². The molecule has 0 bridgehead atoms. The Morgan fingerprint density at radius 2 is 1.89 bits per heavy atom. The standard InChI is InChI=1S/C13H17NO4S/c1-3-17-11(15)8-19-12-9(13(16)18-4-2)6-5-7-10(12)14/h5-7H,3-4,8,14H2,1-2H3. The second-order valence-corrected chi connectivity index (χ2v) is 4.52. The van der Waals surface area contributed by atoms with Gasteiger partial charge in [0.25, 0.3) is 0 Å². The smallest absolute Gasteiger partial charge is 0.339 e. The quantitative estimate of drug-likeness (QED) is 0.489. The number of anilines is 1. The number of thioether (sulfide) groups is 1. The maximum atomic E-state index is 11.8. The lowest BCUT2D eigenvalue weighted by atomic mass is 10.2. The number of carbonyl (C=O) groups excluding carboxylic acids is 2. The maximum absolute atomic E-state index is 11.8. The number of rotatable bonds is 6. The van der Waals surface area contributed by atoms with Crippen molar-refractivity contribution in [2.45, 2.75) is 18.7 Å². The Kier molecular flexibility index (Phi) is 6.21. The first-order chi connectivity index (χ1) is 9.10. The van der Waals surface area contributed by atoms with Gasteiger partial charge in [0, 0.05) is 10.6 Å². The van der Waals surface area contributed by atoms with Gasteiger partial charge in [0.1, 0.15) is 0 Å². The average molecular weight is 283 g/mol. The molecule has 0 aliphatic heterocycles. The first-order valence-electron chi connectivity index (χ1n) is 5.94. The number of esters is 2. The van der Waals surface area contributed by atoms with E-state index in [0.29, 0.717) is 22.8 Å². The topological polar surface area (TPSA) is 78.6 Å². The van der Waals surface area contributed by atoms with Crippen LogP contribution in [0.2, 0.25) is 0 Å². The van der Waals surface area contributed by atoms with E-state index in [1.165, 1.54) is 11.8 Å². The van der Waals surface area contributed by atoms with E-state index < -0.39 is 5.97 Å². The number of hydrogen-bond acceptors (Lipinski definition) is 6. The van der Waals surface area contributed by atoms with Crippen molar-refractivity contribution in [3.8, 4) is 0 Å². The van der Waals surface area contributed by atoms with Crippen LogP contribution in [0, 0.1) is 0 Å². The lowest BCUT2D eigenvalue weighted by Crippen LogP contribution is -2.10. The molecule has 2 N–H and O–H groups in total. The summed E-state index contributed by atoms with van der Waals surface area (Å²) in [6, 6.07) is 4.98. The SMILES string of the molecule is CCOC(=O)CSc1c(N)cccc1C(=O)OCC. The summed E-state index contributed by atoms with van der Waals surface area (Å²) in [6.07, 6.45) is 0. The highest BCUT2D eigenvalue weighted by molar-refractivity contribution is 8.00. The van der Waals surface area contributed by atoms with E-state index in [9.17, 15) is 9.59 Å². The van der Waals surface area contributed by atoms with Crippen LogP contribution in [-0.2, 0) is 14.3 Å². The van der Waals surface area contributed by atoms with E-state index in [-0.39, 0.29) is 18.3 Å². The molecule has 1 aromatic carbocycles. The molecule has 0 saturated heterocycles. The lowest BCUT2D eigenvalue weighted by Gasteiger charge is -2.10. The van der Waals surface area contributed by atoms with Crippen LogP contribution in [0.25, 0.3) is 0 Å². The predicted octanol–water partition coefficient (Wildman–Crippen LogP) is 2.10. The molecule has 1 aromatic rings. The minimum absolute atomic E-state index is 0.106. The molecule has 0 fully saturated rings. The third-order valence-corrected chi connectivity index (χ3v) is 3.30. The van der Waals surface area contributed by atoms with Crippen molar-refractivity contribution in [1.29, 1.82) is 0 Å². The van der Waals surface area contributed by atoms with Crippen LogP contribution >= 0.6 is 11.8 Å². The molecule has 104 valence electrons. The van der Waals surface area contributed by atoms with Gasteiger partial charge in [0.15, 0.2) is 0 Å². The van der Waals surface area contributed by atoms with Crippen LogP contribution in [0.5, 0.6) is 0 Å². The summed E-state index contributed by atoms with van der Waals surface area (Å²) in [6.45, 7) is 4.09. The van der Waals surface area contributed by atoms with Crippen molar-refractivity contribution in [3.05, 3.63) is 23.8 Å². The Hall–Kier alpha value is -1.69. The summed E-state index contributed by atoms with van der Waals surface area (Å²) >= 11 is 1.18. The highest BCUT2D eigenvalue weighted by Crippen LogP contribution is 2.29. The van der Waals surface area contributed by atoms with Gasteiger partial charge in [0.05, 0.1) is 24.5 Å². The molecule has 0 spiro atoms. The number of nitrogen functional groups attached to an aromatic ring is 1. The molecule has 0 saturated carbocycles. The molecule has 5 nitrogen and oxygen atoms in total. The second-order valence-electron chi connectivity index (χ2n) is 3.54. The zero-order valence-corrected chi connectivity index (χ0v) is 11.8. The average Bonchev–Trinajstić information content (AvgIpc) is 2.37. The van der Waals surface area contributed by atoms with Gasteiger partial charge in [-0.25, -0.2) is 4.79 Å². The molecule has 0 amide bonds. The monoisotopic (exact) mass is 283 g/mol. The fourth-order valence-electron chi connectivity index (χ4n) is 1.42. The maximum Gasteiger partial charge on any atom is 0.339 e. The number of benzene rings is 1. The third kappa shape index (κ3) is 4.48. The van der Waals surface area contributed by atoms with Gasteiger partial charge in [-0.15, -0.1) is 11.8 Å². The zero-order chi connectivity index (χ0) is 14.3. The molecular weight excluding hydrogens is 266 g/mol. The molecule has 1 rings (SSSR count). The largest absolute Gasteiger partial charge is 0.465 e. The number of carbonyl (C=O) groups is 2. The van der Waals surface area contributed by atoms with Gasteiger partial charge in [-0.2, -0.15) is 0 Å². The van der Waals surface area contributed by atoms with Crippen molar-refractivity contribution in [2.75, 3.05) is 24.7 Å². The summed E-state index contributed by atoms with van der Waals surface area (Å²) in [7, 11) is 0. The van der Waals surface area contributed by atoms with Gasteiger partial charge >= 0.3 is 11.9 Å². The first-order valence-corrected chi connectivity index (χ1v) is 6.92. The number of ether oxygens (including phenoxy) is 2. The molecule has 0 atom stereocenters. The Labute approximate surface area is 116 Å². The summed E-state index contributed by atoms with van der Waals surface area (Å²) < 4.78 is 9.79. The predicted molar refractivity (Wildman–Crippen MR) is 74.2 cm³/mol. The van der Waals surface area contributed by atoms with Gasteiger partial charge in [-0.3, -0.25) is 4.79 Å². The van der Waals surface area contributed by atoms with E-state index in [2.05, 4.69) is 0 Å². The van der Waals surface area contributed by atoms with E-state index in [1.807, 2.05) is 0 Å². The zero-order valence-electron chi connectivity index (χ0n) is 11.0. The van der Waals surface area contributed by atoms with E-state index in [1.54, 1.807) is 32.0 Å². The van der Waals surface area contributed by atoms with E-state index in [4.69, 9.17) is 15.2 Å². The summed E-state index contributed by atoms with van der Waals surface area (Å²) in [4.78, 5) is 23.7. The summed E-state index contributed by atoms with van der Waals surface area (Å²) in [5.74, 6) is -0.680. The Balaban J connectivity index is 2.86. The first kappa shape index (κ1) is 15.4. The van der Waals surface area contributed by atoms with Gasteiger partial charge in [0.2, 0.25) is 0 Å². The van der Waals surface area contributed by atoms with E-state index >= 15 is 0 Å². The molecule has 0 radical (unpaired) electrons. The van der Waals surface area contributed by atoms with Gasteiger partial charge in [-0.05, 0) is 26.0 Å². The van der Waals surface area contributed by atoms with Crippen molar-refractivity contribution < 1.29 is 19.1 Å². The number of hydrogen-bond donors (Lipinski definition) is 1.